The number of carbonyl (C=O) groups excluding carboxylic acids is 1. The maximum atomic E-state index is 10.9. The summed E-state index contributed by atoms with van der Waals surface area (Å²) in [5.74, 6) is 0.125. The molecular weight excluding hydrogens is 258 g/mol. The summed E-state index contributed by atoms with van der Waals surface area (Å²) in [7, 11) is 0. The van der Waals surface area contributed by atoms with Crippen LogP contribution in [0.1, 0.15) is 40.0 Å². The second kappa shape index (κ2) is 14.9. The largest absolute Gasteiger partial charge is 0.379 e. The zero-order valence-electron chi connectivity index (χ0n) is 13.3. The first-order valence-electron chi connectivity index (χ1n) is 7.65. The molecule has 0 radical (unpaired) electrons. The molecule has 20 heavy (non-hydrogen) atoms. The molecule has 5 nitrogen and oxygen atoms in total. The van der Waals surface area contributed by atoms with E-state index in [9.17, 15) is 4.79 Å². The number of ketones is 1. The van der Waals surface area contributed by atoms with Crippen LogP contribution in [-0.4, -0.2) is 58.0 Å². The van der Waals surface area contributed by atoms with Gasteiger partial charge < -0.3 is 19.5 Å². The summed E-state index contributed by atoms with van der Waals surface area (Å²) in [5.41, 5.74) is 0. The number of Topliss-reactive ketones (excluding diaryl/α,β-unsaturated/α-hetero) is 1. The molecule has 5 heteroatoms. The number of unbranched alkanes of at least 4 members (excludes halogenated alkanes) is 1. The number of ether oxygens (including phenoxy) is 3. The first-order chi connectivity index (χ1) is 9.66. The molecule has 0 spiro atoms. The van der Waals surface area contributed by atoms with Crippen LogP contribution in [-0.2, 0) is 19.0 Å². The van der Waals surface area contributed by atoms with Gasteiger partial charge in [0.05, 0.1) is 26.4 Å². The van der Waals surface area contributed by atoms with Gasteiger partial charge in [0.2, 0.25) is 0 Å². The van der Waals surface area contributed by atoms with Gasteiger partial charge in [-0.15, -0.1) is 0 Å². The smallest absolute Gasteiger partial charge is 0.158 e. The van der Waals surface area contributed by atoms with E-state index < -0.39 is 0 Å². The molecule has 0 bridgehead atoms. The molecule has 0 amide bonds. The fraction of sp³-hybridized carbons (Fsp3) is 0.933. The predicted octanol–water partition coefficient (Wildman–Crippen LogP) is 1.79. The summed E-state index contributed by atoms with van der Waals surface area (Å²) < 4.78 is 15.9. The molecule has 0 saturated carbocycles. The maximum Gasteiger partial charge on any atom is 0.158 e. The lowest BCUT2D eigenvalue weighted by molar-refractivity contribution is -0.123. The van der Waals surface area contributed by atoms with E-state index in [1.54, 1.807) is 0 Å². The Balaban J connectivity index is 3.01. The van der Waals surface area contributed by atoms with Crippen LogP contribution in [0.15, 0.2) is 0 Å². The molecule has 0 atom stereocenters. The van der Waals surface area contributed by atoms with Gasteiger partial charge in [-0.2, -0.15) is 0 Å². The van der Waals surface area contributed by atoms with E-state index in [1.807, 2.05) is 6.92 Å². The minimum atomic E-state index is 0.125. The standard InChI is InChI=1S/C15H31NO4/c1-4-15(17)13-20-12-11-19-10-9-18-8-6-5-7-16-14(2)3/h14,16H,4-13H2,1-3H3. The van der Waals surface area contributed by atoms with Crippen LogP contribution in [0.5, 0.6) is 0 Å². The van der Waals surface area contributed by atoms with Crippen LogP contribution in [0.2, 0.25) is 0 Å². The van der Waals surface area contributed by atoms with E-state index in [1.165, 1.54) is 0 Å². The van der Waals surface area contributed by atoms with Crippen LogP contribution < -0.4 is 5.32 Å². The van der Waals surface area contributed by atoms with Crippen molar-refractivity contribution in [2.75, 3.05) is 46.2 Å². The summed E-state index contributed by atoms with van der Waals surface area (Å²) in [4.78, 5) is 10.9. The highest BCUT2D eigenvalue weighted by Crippen LogP contribution is 1.90. The van der Waals surface area contributed by atoms with Crippen LogP contribution >= 0.6 is 0 Å². The molecule has 120 valence electrons. The van der Waals surface area contributed by atoms with Crippen LogP contribution in [0.3, 0.4) is 0 Å². The molecule has 0 fully saturated rings. The summed E-state index contributed by atoms with van der Waals surface area (Å²) in [5, 5.41) is 3.37. The van der Waals surface area contributed by atoms with E-state index in [-0.39, 0.29) is 12.4 Å². The zero-order valence-corrected chi connectivity index (χ0v) is 13.3. The normalized spacial score (nSPS) is 11.2. The Morgan fingerprint density at radius 1 is 0.950 bits per heavy atom. The molecule has 0 unspecified atom stereocenters. The minimum Gasteiger partial charge on any atom is -0.379 e. The fourth-order valence-electron chi connectivity index (χ4n) is 1.45. The van der Waals surface area contributed by atoms with Crippen LogP contribution in [0, 0.1) is 0 Å². The van der Waals surface area contributed by atoms with Crippen molar-refractivity contribution >= 4 is 5.78 Å². The molecule has 0 heterocycles. The molecule has 0 aliphatic carbocycles. The number of carbonyl (C=O) groups is 1. The lowest BCUT2D eigenvalue weighted by atomic mass is 10.3. The highest BCUT2D eigenvalue weighted by Gasteiger charge is 1.97. The van der Waals surface area contributed by atoms with Crippen LogP contribution in [0.4, 0.5) is 0 Å². The van der Waals surface area contributed by atoms with Crippen molar-refractivity contribution in [1.82, 2.24) is 5.32 Å². The number of hydrogen-bond acceptors (Lipinski definition) is 5. The molecule has 1 N–H and O–H groups in total. The van der Waals surface area contributed by atoms with E-state index in [0.717, 1.165) is 26.0 Å². The second-order valence-corrected chi connectivity index (χ2v) is 4.99. The van der Waals surface area contributed by atoms with E-state index in [0.29, 0.717) is 38.9 Å². The highest BCUT2D eigenvalue weighted by atomic mass is 16.5. The summed E-state index contributed by atoms with van der Waals surface area (Å²) >= 11 is 0. The number of rotatable bonds is 15. The van der Waals surface area contributed by atoms with Gasteiger partial charge in [-0.05, 0) is 19.4 Å². The van der Waals surface area contributed by atoms with Gasteiger partial charge in [-0.3, -0.25) is 4.79 Å². The Bertz CT molecular complexity index is 222. The van der Waals surface area contributed by atoms with E-state index in [2.05, 4.69) is 19.2 Å². The van der Waals surface area contributed by atoms with Crippen molar-refractivity contribution in [1.29, 1.82) is 0 Å². The SMILES string of the molecule is CCC(=O)COCCOCCOCCCCNC(C)C. The predicted molar refractivity (Wildman–Crippen MR) is 80.1 cm³/mol. The van der Waals surface area contributed by atoms with Gasteiger partial charge in [0.15, 0.2) is 5.78 Å². The molecule has 0 saturated heterocycles. The fourth-order valence-corrected chi connectivity index (χ4v) is 1.45. The van der Waals surface area contributed by atoms with Crippen LogP contribution in [0.25, 0.3) is 0 Å². The van der Waals surface area contributed by atoms with Gasteiger partial charge >= 0.3 is 0 Å². The molecule has 0 aromatic carbocycles. The summed E-state index contributed by atoms with van der Waals surface area (Å²) in [6, 6.07) is 0.555. The van der Waals surface area contributed by atoms with Gasteiger partial charge in [-0.1, -0.05) is 20.8 Å². The van der Waals surface area contributed by atoms with E-state index in [4.69, 9.17) is 14.2 Å². The summed E-state index contributed by atoms with van der Waals surface area (Å²) in [6.07, 6.45) is 2.74. The van der Waals surface area contributed by atoms with Crippen molar-refractivity contribution < 1.29 is 19.0 Å². The Kier molecular flexibility index (Phi) is 14.5. The van der Waals surface area contributed by atoms with Gasteiger partial charge in [0.1, 0.15) is 6.61 Å². The maximum absolute atomic E-state index is 10.9. The molecule has 0 aliphatic rings. The monoisotopic (exact) mass is 289 g/mol. The number of nitrogens with one attached hydrogen (secondary N) is 1. The van der Waals surface area contributed by atoms with Gasteiger partial charge in [0, 0.05) is 19.1 Å². The molecule has 0 aliphatic heterocycles. The Morgan fingerprint density at radius 2 is 1.55 bits per heavy atom. The minimum absolute atomic E-state index is 0.125. The topological polar surface area (TPSA) is 56.8 Å². The average Bonchev–Trinajstić information content (AvgIpc) is 2.43. The lowest BCUT2D eigenvalue weighted by Gasteiger charge is -2.08. The lowest BCUT2D eigenvalue weighted by Crippen LogP contribution is -2.23. The quantitative estimate of drug-likeness (QED) is 0.466. The van der Waals surface area contributed by atoms with Crippen molar-refractivity contribution in [3.8, 4) is 0 Å². The van der Waals surface area contributed by atoms with Gasteiger partial charge in [-0.25, -0.2) is 0 Å². The third-order valence-corrected chi connectivity index (χ3v) is 2.67. The Hall–Kier alpha value is -0.490. The summed E-state index contributed by atoms with van der Waals surface area (Å²) in [6.45, 7) is 10.3. The molecule has 0 aromatic rings. The Labute approximate surface area is 123 Å². The first-order valence-corrected chi connectivity index (χ1v) is 7.65. The first kappa shape index (κ1) is 19.5. The third kappa shape index (κ3) is 15.6. The molecule has 0 rings (SSSR count). The highest BCUT2D eigenvalue weighted by molar-refractivity contribution is 5.79. The number of hydrogen-bond donors (Lipinski definition) is 1. The van der Waals surface area contributed by atoms with Crippen molar-refractivity contribution in [2.45, 2.75) is 46.1 Å². The van der Waals surface area contributed by atoms with Crippen molar-refractivity contribution in [3.63, 3.8) is 0 Å². The zero-order chi connectivity index (χ0) is 15.1. The molecule has 0 aromatic heterocycles. The van der Waals surface area contributed by atoms with E-state index >= 15 is 0 Å². The second-order valence-electron chi connectivity index (χ2n) is 4.99. The Morgan fingerprint density at radius 3 is 2.15 bits per heavy atom. The average molecular weight is 289 g/mol. The molecular formula is C15H31NO4. The van der Waals surface area contributed by atoms with Gasteiger partial charge in [0.25, 0.3) is 0 Å². The third-order valence-electron chi connectivity index (χ3n) is 2.67. The van der Waals surface area contributed by atoms with Crippen molar-refractivity contribution in [2.24, 2.45) is 0 Å². The van der Waals surface area contributed by atoms with Crippen molar-refractivity contribution in [3.05, 3.63) is 0 Å².